The molecule has 5 heteroatoms. The smallest absolute Gasteiger partial charge is 0.155 e. The summed E-state index contributed by atoms with van der Waals surface area (Å²) >= 11 is 0. The van der Waals surface area contributed by atoms with Crippen LogP contribution < -0.4 is 0 Å². The molecule has 0 aliphatic carbocycles. The van der Waals surface area contributed by atoms with Crippen LogP contribution in [0, 0.1) is 0 Å². The van der Waals surface area contributed by atoms with Gasteiger partial charge in [-0.15, -0.1) is 0 Å². The van der Waals surface area contributed by atoms with E-state index in [9.17, 15) is 0 Å². The van der Waals surface area contributed by atoms with Crippen LogP contribution in [0.4, 0.5) is 0 Å². The monoisotopic (exact) mass is 249 g/mol. The molecular weight excluding hydrogens is 238 g/mol. The molecule has 0 aliphatic rings. The Bertz CT molecular complexity index is 887. The van der Waals surface area contributed by atoms with Crippen LogP contribution in [-0.4, -0.2) is 23.9 Å². The molecular formula is C14H11N5. The van der Waals surface area contributed by atoms with Gasteiger partial charge < -0.3 is 8.97 Å². The summed E-state index contributed by atoms with van der Waals surface area (Å²) < 4.78 is 3.97. The Labute approximate surface area is 109 Å². The molecule has 3 aromatic heterocycles. The molecule has 4 rings (SSSR count). The van der Waals surface area contributed by atoms with Gasteiger partial charge in [0.05, 0.1) is 29.3 Å². The van der Waals surface area contributed by atoms with Gasteiger partial charge in [0.25, 0.3) is 0 Å². The molecule has 0 aliphatic heterocycles. The van der Waals surface area contributed by atoms with E-state index in [0.717, 1.165) is 27.9 Å². The quantitative estimate of drug-likeness (QED) is 0.520. The highest BCUT2D eigenvalue weighted by molar-refractivity contribution is 5.81. The molecule has 19 heavy (non-hydrogen) atoms. The number of imidazole rings is 2. The molecule has 0 amide bonds. The fourth-order valence-corrected chi connectivity index (χ4v) is 2.27. The van der Waals surface area contributed by atoms with Gasteiger partial charge in [-0.05, 0) is 12.1 Å². The maximum Gasteiger partial charge on any atom is 0.155 e. The maximum atomic E-state index is 4.45. The van der Waals surface area contributed by atoms with Crippen LogP contribution in [0.25, 0.3) is 27.9 Å². The van der Waals surface area contributed by atoms with Crippen LogP contribution >= 0.6 is 0 Å². The van der Waals surface area contributed by atoms with Crippen molar-refractivity contribution >= 4 is 16.7 Å². The van der Waals surface area contributed by atoms with E-state index in [-0.39, 0.29) is 0 Å². The van der Waals surface area contributed by atoms with Gasteiger partial charge in [-0.2, -0.15) is 0 Å². The molecule has 0 saturated carbocycles. The average molecular weight is 249 g/mol. The van der Waals surface area contributed by atoms with Gasteiger partial charge in [-0.1, -0.05) is 6.07 Å². The second kappa shape index (κ2) is 3.65. The number of fused-ring (bicyclic) bond motifs is 2. The SMILES string of the molecule is Cn1cnc2cc(-c3cn4ccnc4cn3)ccc21. The van der Waals surface area contributed by atoms with E-state index in [1.807, 2.05) is 34.7 Å². The average Bonchev–Trinajstić information content (AvgIpc) is 3.04. The Hall–Kier alpha value is -2.69. The number of aryl methyl sites for hydroxylation is 1. The Morgan fingerprint density at radius 2 is 2.05 bits per heavy atom. The summed E-state index contributed by atoms with van der Waals surface area (Å²) in [6.45, 7) is 0. The van der Waals surface area contributed by atoms with Crippen molar-refractivity contribution in [2.75, 3.05) is 0 Å². The third kappa shape index (κ3) is 1.52. The Balaban J connectivity index is 1.92. The molecule has 5 nitrogen and oxygen atoms in total. The zero-order chi connectivity index (χ0) is 12.8. The van der Waals surface area contributed by atoms with Crippen LogP contribution in [0.3, 0.4) is 0 Å². The third-order valence-electron chi connectivity index (χ3n) is 3.30. The number of hydrogen-bond acceptors (Lipinski definition) is 3. The topological polar surface area (TPSA) is 48.0 Å². The fraction of sp³-hybridized carbons (Fsp3) is 0.0714. The minimum atomic E-state index is 0.850. The van der Waals surface area contributed by atoms with Crippen molar-refractivity contribution in [1.29, 1.82) is 0 Å². The summed E-state index contributed by atoms with van der Waals surface area (Å²) in [5.74, 6) is 0. The number of aromatic nitrogens is 5. The lowest BCUT2D eigenvalue weighted by Gasteiger charge is -2.02. The molecule has 0 N–H and O–H groups in total. The van der Waals surface area contributed by atoms with Gasteiger partial charge in [-0.25, -0.2) is 9.97 Å². The van der Waals surface area contributed by atoms with Crippen LogP contribution in [0.2, 0.25) is 0 Å². The second-order valence-electron chi connectivity index (χ2n) is 4.52. The molecule has 3 heterocycles. The summed E-state index contributed by atoms with van der Waals surface area (Å²) in [7, 11) is 1.99. The third-order valence-corrected chi connectivity index (χ3v) is 3.30. The Morgan fingerprint density at radius 3 is 3.00 bits per heavy atom. The number of hydrogen-bond donors (Lipinski definition) is 0. The number of rotatable bonds is 1. The fourth-order valence-electron chi connectivity index (χ4n) is 2.27. The van der Waals surface area contributed by atoms with E-state index in [1.54, 1.807) is 12.4 Å². The van der Waals surface area contributed by atoms with E-state index in [2.05, 4.69) is 33.2 Å². The van der Waals surface area contributed by atoms with E-state index >= 15 is 0 Å². The number of benzene rings is 1. The lowest BCUT2D eigenvalue weighted by Crippen LogP contribution is -1.90. The Kier molecular flexibility index (Phi) is 1.97. The molecule has 0 atom stereocenters. The van der Waals surface area contributed by atoms with Crippen LogP contribution in [0.15, 0.2) is 49.3 Å². The Morgan fingerprint density at radius 1 is 1.11 bits per heavy atom. The summed E-state index contributed by atoms with van der Waals surface area (Å²) in [5, 5.41) is 0. The highest BCUT2D eigenvalue weighted by atomic mass is 15.0. The van der Waals surface area contributed by atoms with E-state index in [0.29, 0.717) is 0 Å². The minimum absolute atomic E-state index is 0.850. The van der Waals surface area contributed by atoms with Gasteiger partial charge in [0.15, 0.2) is 5.65 Å². The van der Waals surface area contributed by atoms with Crippen molar-refractivity contribution in [3.05, 3.63) is 49.3 Å². The van der Waals surface area contributed by atoms with Crippen molar-refractivity contribution in [2.45, 2.75) is 0 Å². The van der Waals surface area contributed by atoms with Gasteiger partial charge in [-0.3, -0.25) is 4.98 Å². The molecule has 0 fully saturated rings. The first kappa shape index (κ1) is 10.3. The van der Waals surface area contributed by atoms with Crippen molar-refractivity contribution < 1.29 is 0 Å². The molecule has 0 unspecified atom stereocenters. The van der Waals surface area contributed by atoms with Crippen LogP contribution in [0.1, 0.15) is 0 Å². The zero-order valence-electron chi connectivity index (χ0n) is 10.4. The standard InChI is InChI=1S/C14H11N5/c1-18-9-17-11-6-10(2-3-13(11)18)12-8-19-5-4-15-14(19)7-16-12/h2-9H,1H3. The first-order chi connectivity index (χ1) is 9.31. The molecule has 92 valence electrons. The highest BCUT2D eigenvalue weighted by Gasteiger charge is 2.05. The van der Waals surface area contributed by atoms with Crippen LogP contribution in [0.5, 0.6) is 0 Å². The molecule has 0 radical (unpaired) electrons. The van der Waals surface area contributed by atoms with Gasteiger partial charge in [0.1, 0.15) is 0 Å². The predicted octanol–water partition coefficient (Wildman–Crippen LogP) is 2.28. The second-order valence-corrected chi connectivity index (χ2v) is 4.52. The highest BCUT2D eigenvalue weighted by Crippen LogP contribution is 2.22. The molecule has 1 aromatic carbocycles. The first-order valence-corrected chi connectivity index (χ1v) is 6.01. The van der Waals surface area contributed by atoms with Gasteiger partial charge >= 0.3 is 0 Å². The van der Waals surface area contributed by atoms with Crippen molar-refractivity contribution in [3.63, 3.8) is 0 Å². The van der Waals surface area contributed by atoms with E-state index in [4.69, 9.17) is 0 Å². The summed E-state index contributed by atoms with van der Waals surface area (Å²) in [4.78, 5) is 13.0. The minimum Gasteiger partial charge on any atom is -0.334 e. The number of nitrogens with zero attached hydrogens (tertiary/aromatic N) is 5. The molecule has 4 aromatic rings. The molecule has 0 bridgehead atoms. The maximum absolute atomic E-state index is 4.45. The van der Waals surface area contributed by atoms with Crippen LogP contribution in [-0.2, 0) is 7.05 Å². The molecule has 0 saturated heterocycles. The van der Waals surface area contributed by atoms with Crippen molar-refractivity contribution in [3.8, 4) is 11.3 Å². The van der Waals surface area contributed by atoms with E-state index in [1.165, 1.54) is 0 Å². The summed E-state index contributed by atoms with van der Waals surface area (Å²) in [5.41, 5.74) is 4.92. The summed E-state index contributed by atoms with van der Waals surface area (Å²) in [6.07, 6.45) is 9.26. The van der Waals surface area contributed by atoms with Crippen molar-refractivity contribution in [1.82, 2.24) is 23.9 Å². The lowest BCUT2D eigenvalue weighted by molar-refractivity contribution is 0.948. The summed E-state index contributed by atoms with van der Waals surface area (Å²) in [6, 6.07) is 6.19. The van der Waals surface area contributed by atoms with Gasteiger partial charge in [0, 0.05) is 31.2 Å². The first-order valence-electron chi connectivity index (χ1n) is 6.01. The lowest BCUT2D eigenvalue weighted by atomic mass is 10.1. The van der Waals surface area contributed by atoms with Gasteiger partial charge in [0.2, 0.25) is 0 Å². The zero-order valence-corrected chi connectivity index (χ0v) is 10.4. The van der Waals surface area contributed by atoms with E-state index < -0.39 is 0 Å². The predicted molar refractivity (Wildman–Crippen MR) is 72.7 cm³/mol. The largest absolute Gasteiger partial charge is 0.334 e. The molecule has 0 spiro atoms. The normalized spacial score (nSPS) is 11.4. The van der Waals surface area contributed by atoms with Crippen molar-refractivity contribution in [2.24, 2.45) is 7.05 Å².